The minimum Gasteiger partial charge on any atom is -0.381 e. The van der Waals surface area contributed by atoms with Crippen LogP contribution in [0.4, 0.5) is 0 Å². The summed E-state index contributed by atoms with van der Waals surface area (Å²) in [4.78, 5) is 2.66. The van der Waals surface area contributed by atoms with Crippen molar-refractivity contribution in [2.45, 2.75) is 56.5 Å². The number of ether oxygens (including phenoxy) is 1. The summed E-state index contributed by atoms with van der Waals surface area (Å²) in [6.45, 7) is 2.72. The first-order valence-corrected chi connectivity index (χ1v) is 7.25. The number of nitrogens with two attached hydrogens (primary N) is 1. The number of rotatable bonds is 3. The Labute approximate surface area is 105 Å². The zero-order chi connectivity index (χ0) is 11.9. The lowest BCUT2D eigenvalue weighted by Gasteiger charge is -2.53. The van der Waals surface area contributed by atoms with Crippen molar-refractivity contribution in [2.24, 2.45) is 11.1 Å². The monoisotopic (exact) mass is 238 g/mol. The SMILES string of the molecule is CN(C1CC1)C1(CN)CCCC12CCOCC2. The van der Waals surface area contributed by atoms with Crippen LogP contribution in [0.1, 0.15) is 44.9 Å². The molecule has 3 rings (SSSR count). The molecule has 3 fully saturated rings. The fraction of sp³-hybridized carbons (Fsp3) is 1.00. The summed E-state index contributed by atoms with van der Waals surface area (Å²) >= 11 is 0. The van der Waals surface area contributed by atoms with Crippen molar-refractivity contribution < 1.29 is 4.74 Å². The first-order valence-electron chi connectivity index (χ1n) is 7.25. The molecule has 98 valence electrons. The zero-order valence-electron chi connectivity index (χ0n) is 11.1. The van der Waals surface area contributed by atoms with Crippen LogP contribution in [-0.2, 0) is 4.74 Å². The van der Waals surface area contributed by atoms with E-state index < -0.39 is 0 Å². The molecule has 1 spiro atoms. The molecule has 1 atom stereocenters. The van der Waals surface area contributed by atoms with Gasteiger partial charge in [-0.2, -0.15) is 0 Å². The van der Waals surface area contributed by atoms with E-state index in [0.717, 1.165) is 25.8 Å². The van der Waals surface area contributed by atoms with Crippen LogP contribution < -0.4 is 5.73 Å². The van der Waals surface area contributed by atoms with Crippen LogP contribution in [-0.4, -0.2) is 43.3 Å². The fourth-order valence-electron chi connectivity index (χ4n) is 4.52. The summed E-state index contributed by atoms with van der Waals surface area (Å²) in [6, 6.07) is 0.816. The second-order valence-corrected chi connectivity index (χ2v) is 6.32. The molecule has 1 unspecified atom stereocenters. The summed E-state index contributed by atoms with van der Waals surface area (Å²) in [5.41, 5.74) is 6.99. The molecule has 1 heterocycles. The van der Waals surface area contributed by atoms with Gasteiger partial charge in [0.1, 0.15) is 0 Å². The van der Waals surface area contributed by atoms with E-state index in [9.17, 15) is 0 Å². The molecule has 0 amide bonds. The van der Waals surface area contributed by atoms with Gasteiger partial charge in [-0.25, -0.2) is 0 Å². The van der Waals surface area contributed by atoms with E-state index in [4.69, 9.17) is 10.5 Å². The Bertz CT molecular complexity index is 284. The first kappa shape index (κ1) is 11.9. The highest BCUT2D eigenvalue weighted by molar-refractivity contribution is 5.13. The predicted molar refractivity (Wildman–Crippen MR) is 68.9 cm³/mol. The van der Waals surface area contributed by atoms with Gasteiger partial charge in [0, 0.05) is 31.3 Å². The topological polar surface area (TPSA) is 38.5 Å². The molecule has 0 bridgehead atoms. The molecule has 0 radical (unpaired) electrons. The van der Waals surface area contributed by atoms with Gasteiger partial charge in [0.05, 0.1) is 0 Å². The molecule has 2 N–H and O–H groups in total. The van der Waals surface area contributed by atoms with Crippen LogP contribution in [0.3, 0.4) is 0 Å². The van der Waals surface area contributed by atoms with E-state index in [0.29, 0.717) is 5.41 Å². The van der Waals surface area contributed by atoms with Crippen molar-refractivity contribution in [2.75, 3.05) is 26.8 Å². The largest absolute Gasteiger partial charge is 0.381 e. The van der Waals surface area contributed by atoms with Gasteiger partial charge < -0.3 is 10.5 Å². The van der Waals surface area contributed by atoms with Gasteiger partial charge in [0.25, 0.3) is 0 Å². The van der Waals surface area contributed by atoms with Gasteiger partial charge in [0.15, 0.2) is 0 Å². The molecule has 3 aliphatic rings. The normalized spacial score (nSPS) is 36.9. The molecule has 1 saturated heterocycles. The highest BCUT2D eigenvalue weighted by atomic mass is 16.5. The Kier molecular flexibility index (Phi) is 2.96. The molecule has 2 saturated carbocycles. The van der Waals surface area contributed by atoms with E-state index in [1.807, 2.05) is 0 Å². The average molecular weight is 238 g/mol. The lowest BCUT2D eigenvalue weighted by Crippen LogP contribution is -2.62. The van der Waals surface area contributed by atoms with Crippen LogP contribution in [0.15, 0.2) is 0 Å². The highest BCUT2D eigenvalue weighted by Gasteiger charge is 2.58. The molecule has 0 aromatic heterocycles. The Hall–Kier alpha value is -0.120. The maximum Gasteiger partial charge on any atom is 0.0472 e. The molecule has 1 aliphatic heterocycles. The van der Waals surface area contributed by atoms with Crippen LogP contribution >= 0.6 is 0 Å². The first-order chi connectivity index (χ1) is 8.24. The maximum atomic E-state index is 6.26. The molecular formula is C14H26N2O. The van der Waals surface area contributed by atoms with E-state index in [1.54, 1.807) is 0 Å². The summed E-state index contributed by atoms with van der Waals surface area (Å²) in [5, 5.41) is 0. The lowest BCUT2D eigenvalue weighted by atomic mass is 9.66. The van der Waals surface area contributed by atoms with E-state index in [2.05, 4.69) is 11.9 Å². The van der Waals surface area contributed by atoms with Crippen molar-refractivity contribution in [3.8, 4) is 0 Å². The third-order valence-corrected chi connectivity index (χ3v) is 5.79. The second kappa shape index (κ2) is 4.22. The number of hydrogen-bond donors (Lipinski definition) is 1. The third kappa shape index (κ3) is 1.66. The maximum absolute atomic E-state index is 6.26. The van der Waals surface area contributed by atoms with Gasteiger partial charge in [-0.05, 0) is 51.0 Å². The molecule has 3 nitrogen and oxygen atoms in total. The standard InChI is InChI=1S/C14H26N2O/c1-16(12-3-4-12)14(11-15)6-2-5-13(14)7-9-17-10-8-13/h12H,2-11,15H2,1H3. The smallest absolute Gasteiger partial charge is 0.0472 e. The molecule has 3 heteroatoms. The quantitative estimate of drug-likeness (QED) is 0.814. The molecule has 17 heavy (non-hydrogen) atoms. The summed E-state index contributed by atoms with van der Waals surface area (Å²) in [5.74, 6) is 0. The van der Waals surface area contributed by atoms with Crippen LogP contribution in [0.25, 0.3) is 0 Å². The third-order valence-electron chi connectivity index (χ3n) is 5.79. The molecule has 0 aromatic carbocycles. The summed E-state index contributed by atoms with van der Waals surface area (Å²) in [7, 11) is 2.33. The number of likely N-dealkylation sites (N-methyl/N-ethyl adjacent to an activating group) is 1. The van der Waals surface area contributed by atoms with E-state index in [-0.39, 0.29) is 5.54 Å². The number of nitrogens with zero attached hydrogens (tertiary/aromatic N) is 1. The van der Waals surface area contributed by atoms with Gasteiger partial charge >= 0.3 is 0 Å². The van der Waals surface area contributed by atoms with Gasteiger partial charge in [-0.1, -0.05) is 6.42 Å². The summed E-state index contributed by atoms with van der Waals surface area (Å²) in [6.07, 6.45) is 9.23. The predicted octanol–water partition coefficient (Wildman–Crippen LogP) is 1.76. The van der Waals surface area contributed by atoms with Crippen molar-refractivity contribution in [3.05, 3.63) is 0 Å². The van der Waals surface area contributed by atoms with Crippen molar-refractivity contribution in [1.29, 1.82) is 0 Å². The fourth-order valence-corrected chi connectivity index (χ4v) is 4.52. The highest BCUT2D eigenvalue weighted by Crippen LogP contribution is 2.56. The van der Waals surface area contributed by atoms with Crippen LogP contribution in [0, 0.1) is 5.41 Å². The second-order valence-electron chi connectivity index (χ2n) is 6.32. The Morgan fingerprint density at radius 3 is 2.47 bits per heavy atom. The lowest BCUT2D eigenvalue weighted by molar-refractivity contribution is -0.0703. The zero-order valence-corrected chi connectivity index (χ0v) is 11.1. The van der Waals surface area contributed by atoms with Gasteiger partial charge in [0.2, 0.25) is 0 Å². The Morgan fingerprint density at radius 1 is 1.18 bits per heavy atom. The van der Waals surface area contributed by atoms with Gasteiger partial charge in [-0.3, -0.25) is 4.90 Å². The molecule has 2 aliphatic carbocycles. The van der Waals surface area contributed by atoms with Gasteiger partial charge in [-0.15, -0.1) is 0 Å². The molecular weight excluding hydrogens is 212 g/mol. The molecule has 0 aromatic rings. The Morgan fingerprint density at radius 2 is 1.88 bits per heavy atom. The van der Waals surface area contributed by atoms with E-state index >= 15 is 0 Å². The van der Waals surface area contributed by atoms with Crippen LogP contribution in [0.2, 0.25) is 0 Å². The Balaban J connectivity index is 1.89. The van der Waals surface area contributed by atoms with Crippen molar-refractivity contribution in [3.63, 3.8) is 0 Å². The van der Waals surface area contributed by atoms with Crippen molar-refractivity contribution in [1.82, 2.24) is 4.90 Å². The van der Waals surface area contributed by atoms with Crippen LogP contribution in [0.5, 0.6) is 0 Å². The van der Waals surface area contributed by atoms with E-state index in [1.165, 1.54) is 44.9 Å². The summed E-state index contributed by atoms with van der Waals surface area (Å²) < 4.78 is 5.59. The minimum atomic E-state index is 0.276. The average Bonchev–Trinajstić information content (AvgIpc) is 3.15. The minimum absolute atomic E-state index is 0.276. The number of hydrogen-bond acceptors (Lipinski definition) is 3. The van der Waals surface area contributed by atoms with Crippen molar-refractivity contribution >= 4 is 0 Å².